The lowest BCUT2D eigenvalue weighted by Gasteiger charge is -2.37. The number of likely N-dealkylation sites (tertiary alicyclic amines) is 1. The van der Waals surface area contributed by atoms with Gasteiger partial charge in [-0.05, 0) is 39.0 Å². The summed E-state index contributed by atoms with van der Waals surface area (Å²) < 4.78 is 18.2. The van der Waals surface area contributed by atoms with E-state index in [0.717, 1.165) is 4.47 Å². The lowest BCUT2D eigenvalue weighted by atomic mass is 9.96. The second-order valence-electron chi connectivity index (χ2n) is 7.35. The van der Waals surface area contributed by atoms with Crippen LogP contribution < -0.4 is 4.74 Å². The summed E-state index contributed by atoms with van der Waals surface area (Å²) in [4.78, 5) is 14.0. The Morgan fingerprint density at radius 1 is 1.40 bits per heavy atom. The van der Waals surface area contributed by atoms with Crippen molar-refractivity contribution in [2.24, 2.45) is 5.92 Å². The van der Waals surface area contributed by atoms with Gasteiger partial charge in [0.1, 0.15) is 29.6 Å². The Hall–Kier alpha value is -1.78. The molecule has 2 aliphatic rings. The second-order valence-corrected chi connectivity index (χ2v) is 8.27. The molecule has 0 saturated carbocycles. The summed E-state index contributed by atoms with van der Waals surface area (Å²) in [5.74, 6) is 0.600. The van der Waals surface area contributed by atoms with Gasteiger partial charge in [0.25, 0.3) is 0 Å². The molecule has 7 heteroatoms. The van der Waals surface area contributed by atoms with Crippen molar-refractivity contribution in [2.45, 2.75) is 38.6 Å². The van der Waals surface area contributed by atoms with Crippen molar-refractivity contribution in [2.75, 3.05) is 19.7 Å². The van der Waals surface area contributed by atoms with Crippen molar-refractivity contribution < 1.29 is 19.0 Å². The average Bonchev–Trinajstić information content (AvgIpc) is 2.76. The van der Waals surface area contributed by atoms with Crippen LogP contribution >= 0.6 is 15.9 Å². The molecule has 3 rings (SSSR count). The number of hydrogen-bond acceptors (Lipinski definition) is 5. The Morgan fingerprint density at radius 3 is 2.80 bits per heavy atom. The normalized spacial score (nSPS) is 25.4. The first-order chi connectivity index (χ1) is 11.8. The van der Waals surface area contributed by atoms with Gasteiger partial charge in [-0.2, -0.15) is 5.26 Å². The number of fused-ring (bicyclic) bond motifs is 2. The molecule has 2 saturated heterocycles. The number of rotatable bonds is 2. The average molecular weight is 409 g/mol. The molecular weight excluding hydrogens is 388 g/mol. The first-order valence-electron chi connectivity index (χ1n) is 8.22. The van der Waals surface area contributed by atoms with Crippen molar-refractivity contribution in [1.29, 1.82) is 5.26 Å². The number of hydrogen-bond donors (Lipinski definition) is 0. The van der Waals surface area contributed by atoms with Crippen molar-refractivity contribution >= 4 is 22.0 Å². The molecule has 0 radical (unpaired) electrons. The molecule has 134 valence electrons. The molecule has 2 heterocycles. The first-order valence-corrected chi connectivity index (χ1v) is 9.02. The molecule has 2 fully saturated rings. The number of piperidine rings is 1. The molecule has 25 heavy (non-hydrogen) atoms. The van der Waals surface area contributed by atoms with E-state index in [4.69, 9.17) is 14.2 Å². The third kappa shape index (κ3) is 4.07. The topological polar surface area (TPSA) is 71.8 Å². The van der Waals surface area contributed by atoms with Gasteiger partial charge >= 0.3 is 6.09 Å². The fourth-order valence-electron chi connectivity index (χ4n) is 3.12. The SMILES string of the molecule is CC(C)(C)OC(=O)N1C[C@H]2CO[C@@H](C1)C2Oc1ccc(Br)cc1C#N. The summed E-state index contributed by atoms with van der Waals surface area (Å²) in [6, 6.07) is 7.50. The zero-order valence-corrected chi connectivity index (χ0v) is 16.1. The molecule has 2 aliphatic heterocycles. The fourth-order valence-corrected chi connectivity index (χ4v) is 3.48. The third-order valence-corrected chi connectivity index (χ3v) is 4.68. The molecule has 2 bridgehead atoms. The third-order valence-electron chi connectivity index (χ3n) is 4.19. The van der Waals surface area contributed by atoms with Gasteiger partial charge in [-0.25, -0.2) is 4.79 Å². The predicted molar refractivity (Wildman–Crippen MR) is 94.3 cm³/mol. The maximum Gasteiger partial charge on any atom is 0.410 e. The van der Waals surface area contributed by atoms with Gasteiger partial charge in [-0.3, -0.25) is 0 Å². The molecule has 0 aliphatic carbocycles. The van der Waals surface area contributed by atoms with Crippen LogP contribution in [0.5, 0.6) is 5.75 Å². The van der Waals surface area contributed by atoms with Gasteiger partial charge in [-0.15, -0.1) is 0 Å². The molecule has 1 amide bonds. The van der Waals surface area contributed by atoms with E-state index < -0.39 is 5.60 Å². The number of carbonyl (C=O) groups is 1. The molecular formula is C18H21BrN2O4. The van der Waals surface area contributed by atoms with Gasteiger partial charge in [0.05, 0.1) is 18.7 Å². The lowest BCUT2D eigenvalue weighted by Crippen LogP contribution is -2.53. The quantitative estimate of drug-likeness (QED) is 0.750. The van der Waals surface area contributed by atoms with Crippen molar-refractivity contribution in [3.63, 3.8) is 0 Å². The summed E-state index contributed by atoms with van der Waals surface area (Å²) >= 11 is 3.36. The summed E-state index contributed by atoms with van der Waals surface area (Å²) in [5.41, 5.74) is -0.0490. The monoisotopic (exact) mass is 408 g/mol. The van der Waals surface area contributed by atoms with Gasteiger partial charge in [0, 0.05) is 16.9 Å². The van der Waals surface area contributed by atoms with Crippen molar-refractivity contribution in [1.82, 2.24) is 4.90 Å². The van der Waals surface area contributed by atoms with Crippen LogP contribution in [0.15, 0.2) is 22.7 Å². The number of ether oxygens (including phenoxy) is 3. The summed E-state index contributed by atoms with van der Waals surface area (Å²) in [6.45, 7) is 7.03. The highest BCUT2D eigenvalue weighted by Crippen LogP contribution is 2.33. The van der Waals surface area contributed by atoms with E-state index in [0.29, 0.717) is 31.0 Å². The first kappa shape index (κ1) is 18.0. The highest BCUT2D eigenvalue weighted by Gasteiger charge is 2.47. The van der Waals surface area contributed by atoms with Crippen LogP contribution in [0.4, 0.5) is 4.79 Å². The van der Waals surface area contributed by atoms with Crippen molar-refractivity contribution in [3.8, 4) is 11.8 Å². The van der Waals surface area contributed by atoms with Gasteiger partial charge in [-0.1, -0.05) is 15.9 Å². The molecule has 3 atom stereocenters. The summed E-state index contributed by atoms with van der Waals surface area (Å²) in [7, 11) is 0. The Balaban J connectivity index is 1.70. The molecule has 1 unspecified atom stereocenters. The van der Waals surface area contributed by atoms with Gasteiger partial charge < -0.3 is 19.1 Å². The maximum absolute atomic E-state index is 12.3. The van der Waals surface area contributed by atoms with Crippen molar-refractivity contribution in [3.05, 3.63) is 28.2 Å². The molecule has 0 N–H and O–H groups in total. The highest BCUT2D eigenvalue weighted by atomic mass is 79.9. The highest BCUT2D eigenvalue weighted by molar-refractivity contribution is 9.10. The maximum atomic E-state index is 12.3. The Bertz CT molecular complexity index is 696. The fraction of sp³-hybridized carbons (Fsp3) is 0.556. The Labute approximate surface area is 155 Å². The van der Waals surface area contributed by atoms with E-state index in [1.807, 2.05) is 26.8 Å². The molecule has 1 aromatic rings. The van der Waals surface area contributed by atoms with Crippen LogP contribution in [0.25, 0.3) is 0 Å². The van der Waals surface area contributed by atoms with E-state index in [1.165, 1.54) is 0 Å². The van der Waals surface area contributed by atoms with Crippen LogP contribution in [0.2, 0.25) is 0 Å². The van der Waals surface area contributed by atoms with E-state index in [2.05, 4.69) is 22.0 Å². The molecule has 1 aromatic carbocycles. The predicted octanol–water partition coefficient (Wildman–Crippen LogP) is 3.33. The number of benzene rings is 1. The Kier molecular flexibility index (Phi) is 4.94. The number of nitriles is 1. The number of halogens is 1. The van der Waals surface area contributed by atoms with Crippen LogP contribution in [-0.2, 0) is 9.47 Å². The zero-order valence-electron chi connectivity index (χ0n) is 14.5. The molecule has 0 aromatic heterocycles. The van der Waals surface area contributed by atoms with Gasteiger partial charge in [0.2, 0.25) is 0 Å². The van der Waals surface area contributed by atoms with Crippen LogP contribution in [-0.4, -0.2) is 48.5 Å². The lowest BCUT2D eigenvalue weighted by molar-refractivity contribution is -0.0176. The number of carbonyl (C=O) groups excluding carboxylic acids is 1. The standard InChI is InChI=1S/C18H21BrN2O4/c1-18(2,3)25-17(22)21-8-12-10-23-15(9-21)16(12)24-14-5-4-13(19)6-11(14)7-20/h4-6,12,15-16H,8-10H2,1-3H3/t12-,15-,16?/m0/s1. The smallest absolute Gasteiger partial charge is 0.410 e. The van der Waals surface area contributed by atoms with E-state index in [-0.39, 0.29) is 24.2 Å². The van der Waals surface area contributed by atoms with Crippen LogP contribution in [0, 0.1) is 17.2 Å². The van der Waals surface area contributed by atoms with Gasteiger partial charge in [0.15, 0.2) is 0 Å². The molecule has 0 spiro atoms. The second kappa shape index (κ2) is 6.85. The largest absolute Gasteiger partial charge is 0.486 e. The summed E-state index contributed by atoms with van der Waals surface area (Å²) in [6.07, 6.45) is -0.721. The zero-order chi connectivity index (χ0) is 18.2. The van der Waals surface area contributed by atoms with E-state index >= 15 is 0 Å². The minimum absolute atomic E-state index is 0.0569. The minimum Gasteiger partial charge on any atom is -0.486 e. The molecule has 6 nitrogen and oxygen atoms in total. The number of nitrogens with zero attached hydrogens (tertiary/aromatic N) is 2. The van der Waals surface area contributed by atoms with Crippen LogP contribution in [0.1, 0.15) is 26.3 Å². The van der Waals surface area contributed by atoms with E-state index in [1.54, 1.807) is 17.0 Å². The number of amides is 1. The van der Waals surface area contributed by atoms with Crippen LogP contribution in [0.3, 0.4) is 0 Å². The minimum atomic E-state index is -0.524. The van der Waals surface area contributed by atoms with E-state index in [9.17, 15) is 10.1 Å². The Morgan fingerprint density at radius 2 is 2.16 bits per heavy atom. The summed E-state index contributed by atoms with van der Waals surface area (Å²) in [5, 5.41) is 9.29.